The minimum atomic E-state index is -0.462. The first kappa shape index (κ1) is 52.9. The number of hydrogen-bond donors (Lipinski definition) is 1. The molecule has 2 N–H and O–H groups in total. The quantitative estimate of drug-likeness (QED) is 0.194. The molecule has 17 heteroatoms. The van der Waals surface area contributed by atoms with Crippen molar-refractivity contribution in [2.75, 3.05) is 78.5 Å². The second-order valence-corrected chi connectivity index (χ2v) is 23.3. The van der Waals surface area contributed by atoms with Gasteiger partial charge in [-0.15, -0.1) is 0 Å². The number of aromatic nitrogens is 2. The van der Waals surface area contributed by atoms with E-state index in [1.807, 2.05) is 44.1 Å². The van der Waals surface area contributed by atoms with E-state index in [4.69, 9.17) is 38.9 Å². The number of amides is 4. The van der Waals surface area contributed by atoms with Crippen LogP contribution in [-0.4, -0.2) is 148 Å². The molecule has 10 rings (SSSR count). The third-order valence-corrected chi connectivity index (χ3v) is 17.3. The summed E-state index contributed by atoms with van der Waals surface area (Å²) in [7, 11) is 0. The highest BCUT2D eigenvalue weighted by Gasteiger charge is 2.36. The van der Waals surface area contributed by atoms with Crippen LogP contribution < -0.4 is 5.73 Å². The Hall–Kier alpha value is -3.96. The summed E-state index contributed by atoms with van der Waals surface area (Å²) >= 11 is 19.9. The number of carbonyl (C=O) groups is 4. The lowest BCUT2D eigenvalue weighted by Crippen LogP contribution is -2.51. The van der Waals surface area contributed by atoms with E-state index in [-0.39, 0.29) is 35.7 Å². The van der Waals surface area contributed by atoms with E-state index in [0.717, 1.165) is 134 Å². The highest BCUT2D eigenvalue weighted by atomic mass is 79.9. The third-order valence-electron chi connectivity index (χ3n) is 15.9. The van der Waals surface area contributed by atoms with E-state index in [2.05, 4.69) is 78.1 Å². The van der Waals surface area contributed by atoms with Crippen LogP contribution >= 0.6 is 55.1 Å². The lowest BCUT2D eigenvalue weighted by atomic mass is 9.92. The van der Waals surface area contributed by atoms with Gasteiger partial charge in [-0.25, -0.2) is 0 Å². The van der Waals surface area contributed by atoms with Gasteiger partial charge in [-0.05, 0) is 172 Å². The zero-order valence-electron chi connectivity index (χ0n) is 41.5. The van der Waals surface area contributed by atoms with Crippen LogP contribution in [0.4, 0.5) is 0 Å². The second kappa shape index (κ2) is 23.7. The number of nitrogens with two attached hydrogens (primary N) is 1. The highest BCUT2D eigenvalue weighted by molar-refractivity contribution is 9.10. The summed E-state index contributed by atoms with van der Waals surface area (Å²) in [5.74, 6) is 1.33. The molecule has 384 valence electrons. The van der Waals surface area contributed by atoms with Crippen molar-refractivity contribution >= 4 is 78.7 Å². The molecule has 0 radical (unpaired) electrons. The van der Waals surface area contributed by atoms with E-state index in [1.54, 1.807) is 13.8 Å². The van der Waals surface area contributed by atoms with Gasteiger partial charge in [0.25, 0.3) is 0 Å². The van der Waals surface area contributed by atoms with E-state index < -0.39 is 6.04 Å². The molecule has 0 bridgehead atoms. The molecule has 4 amide bonds. The average molecular weight is 1150 g/mol. The molecule has 2 aliphatic carbocycles. The molecular formula is C55H67Br2Cl2N9O4. The number of aryl methyl sites for hydroxylation is 4. The fourth-order valence-electron chi connectivity index (χ4n) is 11.9. The highest BCUT2D eigenvalue weighted by Crippen LogP contribution is 2.40. The van der Waals surface area contributed by atoms with E-state index >= 15 is 0 Å². The van der Waals surface area contributed by atoms with Gasteiger partial charge in [0, 0.05) is 130 Å². The molecule has 72 heavy (non-hydrogen) atoms. The number of rotatable bonds is 7. The fraction of sp³-hybridized carbons (Fsp3) is 0.527. The van der Waals surface area contributed by atoms with E-state index in [1.165, 1.54) is 33.4 Å². The Balaban J connectivity index is 0.000000178. The monoisotopic (exact) mass is 1150 g/mol. The number of piperazine rings is 2. The normalized spacial score (nSPS) is 21.5. The lowest BCUT2D eigenvalue weighted by molar-refractivity contribution is -0.137. The summed E-state index contributed by atoms with van der Waals surface area (Å²) in [6, 6.07) is 16.5. The molecule has 4 fully saturated rings. The van der Waals surface area contributed by atoms with Crippen LogP contribution in [0.3, 0.4) is 0 Å². The number of carbonyl (C=O) groups excluding carboxylic acids is 4. The number of piperidine rings is 2. The van der Waals surface area contributed by atoms with E-state index in [9.17, 15) is 19.2 Å². The van der Waals surface area contributed by atoms with Crippen molar-refractivity contribution in [3.05, 3.63) is 125 Å². The maximum atomic E-state index is 13.2. The van der Waals surface area contributed by atoms with Crippen molar-refractivity contribution in [1.29, 1.82) is 0 Å². The predicted octanol–water partition coefficient (Wildman–Crippen LogP) is 8.28. The summed E-state index contributed by atoms with van der Waals surface area (Å²) in [5.41, 5.74) is 15.6. The Kier molecular flexibility index (Phi) is 17.4. The number of halogens is 4. The Labute approximate surface area is 451 Å². The van der Waals surface area contributed by atoms with Crippen molar-refractivity contribution in [2.45, 2.75) is 96.2 Å². The SMILES string of the molecule is CC(=O)N1CCC(CC(=O)N2CCN(C3c4ccc(Cl)cc4CCc4cc(Br)cnc43)CC2)CC1.C[C@H](N)C(=O)N1CCC(CC(=O)N2CCN(C3c4ccc(Cl)cc4CCc4cc(Br)cnc43)CC2)CC1. The molecule has 4 aliphatic heterocycles. The van der Waals surface area contributed by atoms with Crippen molar-refractivity contribution in [3.8, 4) is 0 Å². The molecule has 2 aromatic heterocycles. The van der Waals surface area contributed by atoms with Gasteiger partial charge in [0.2, 0.25) is 23.6 Å². The van der Waals surface area contributed by atoms with Gasteiger partial charge in [-0.1, -0.05) is 35.3 Å². The molecule has 0 spiro atoms. The maximum absolute atomic E-state index is 13.2. The van der Waals surface area contributed by atoms with Crippen molar-refractivity contribution in [3.63, 3.8) is 0 Å². The summed E-state index contributed by atoms with van der Waals surface area (Å²) in [6.45, 7) is 12.4. The van der Waals surface area contributed by atoms with Crippen LogP contribution in [0.25, 0.3) is 0 Å². The standard InChI is InChI=1S/C28H35BrClN5O2.C27H32BrClN4O2/c1-18(31)28(37)35-8-6-19(7-9-35)14-25(36)33-10-12-34(13-11-33)27-24-5-4-23(30)16-20(24)2-3-21-15-22(29)17-32-26(21)27;1-18(34)31-8-6-19(7-9-31)14-25(35)32-10-12-33(13-11-32)27-24-5-4-23(29)16-20(24)2-3-21-15-22(28)17-30-26(21)27/h4-5,15-19,27H,2-3,6-14,31H2,1H3;4-5,15-17,19,27H,2-3,6-14H2,1H3/t18-,27?;/m0./s1. The summed E-state index contributed by atoms with van der Waals surface area (Å²) < 4.78 is 2.00. The maximum Gasteiger partial charge on any atom is 0.239 e. The van der Waals surface area contributed by atoms with Crippen LogP contribution in [0.5, 0.6) is 0 Å². The van der Waals surface area contributed by atoms with Crippen molar-refractivity contribution in [2.24, 2.45) is 17.6 Å². The Bertz CT molecular complexity index is 2520. The molecule has 6 heterocycles. The van der Waals surface area contributed by atoms with Gasteiger partial charge < -0.3 is 25.3 Å². The Morgan fingerprint density at radius 2 is 0.958 bits per heavy atom. The number of hydrogen-bond acceptors (Lipinski definition) is 9. The minimum absolute atomic E-state index is 0.00618. The molecule has 3 atom stereocenters. The van der Waals surface area contributed by atoms with Crippen LogP contribution in [-0.2, 0) is 44.9 Å². The largest absolute Gasteiger partial charge is 0.343 e. The minimum Gasteiger partial charge on any atom is -0.343 e. The number of nitrogens with zero attached hydrogens (tertiary/aromatic N) is 8. The molecular weight excluding hydrogens is 1080 g/mol. The molecule has 4 aromatic rings. The summed E-state index contributed by atoms with van der Waals surface area (Å²) in [4.78, 5) is 72.5. The van der Waals surface area contributed by atoms with E-state index in [0.29, 0.717) is 50.9 Å². The number of pyridine rings is 2. The summed E-state index contributed by atoms with van der Waals surface area (Å²) in [6.07, 6.45) is 12.2. The lowest BCUT2D eigenvalue weighted by Gasteiger charge is -2.40. The summed E-state index contributed by atoms with van der Waals surface area (Å²) in [5, 5.41) is 1.54. The Morgan fingerprint density at radius 1 is 0.569 bits per heavy atom. The molecule has 13 nitrogen and oxygen atoms in total. The molecule has 2 aromatic carbocycles. The number of fused-ring (bicyclic) bond motifs is 4. The fourth-order valence-corrected chi connectivity index (χ4v) is 13.0. The van der Waals surface area contributed by atoms with Crippen LogP contribution in [0.15, 0.2) is 69.9 Å². The first-order chi connectivity index (χ1) is 34.7. The zero-order valence-corrected chi connectivity index (χ0v) is 46.2. The Morgan fingerprint density at radius 3 is 1.35 bits per heavy atom. The molecule has 2 unspecified atom stereocenters. The number of likely N-dealkylation sites (tertiary alicyclic amines) is 2. The van der Waals surface area contributed by atoms with Gasteiger partial charge >= 0.3 is 0 Å². The number of benzene rings is 2. The van der Waals surface area contributed by atoms with Crippen molar-refractivity contribution < 1.29 is 19.2 Å². The van der Waals surface area contributed by atoms with Crippen LogP contribution in [0.1, 0.15) is 109 Å². The second-order valence-electron chi connectivity index (χ2n) is 20.6. The average Bonchev–Trinajstić information content (AvgIpc) is 3.63. The molecule has 0 saturated carbocycles. The van der Waals surface area contributed by atoms with Gasteiger partial charge in [-0.3, -0.25) is 38.9 Å². The first-order valence-corrected chi connectivity index (χ1v) is 28.2. The van der Waals surface area contributed by atoms with Gasteiger partial charge in [0.05, 0.1) is 29.5 Å². The van der Waals surface area contributed by atoms with Crippen LogP contribution in [0.2, 0.25) is 10.0 Å². The molecule has 4 saturated heterocycles. The van der Waals surface area contributed by atoms with Crippen molar-refractivity contribution in [1.82, 2.24) is 39.4 Å². The molecule has 6 aliphatic rings. The first-order valence-electron chi connectivity index (χ1n) is 25.9. The van der Waals surface area contributed by atoms with Gasteiger partial charge in [0.15, 0.2) is 0 Å². The van der Waals surface area contributed by atoms with Gasteiger partial charge in [0.1, 0.15) is 0 Å². The zero-order chi connectivity index (χ0) is 50.6. The third kappa shape index (κ3) is 12.4. The predicted molar refractivity (Wildman–Crippen MR) is 289 cm³/mol. The smallest absolute Gasteiger partial charge is 0.239 e. The van der Waals surface area contributed by atoms with Crippen LogP contribution in [0, 0.1) is 11.8 Å². The van der Waals surface area contributed by atoms with Gasteiger partial charge in [-0.2, -0.15) is 0 Å². The topological polar surface area (TPSA) is 140 Å².